The Morgan fingerprint density at radius 3 is 1.39 bits per heavy atom. The predicted molar refractivity (Wildman–Crippen MR) is 262 cm³/mol. The van der Waals surface area contributed by atoms with E-state index in [1.165, 1.54) is 186 Å². The number of ether oxygens (including phenoxy) is 3. The summed E-state index contributed by atoms with van der Waals surface area (Å²) in [5, 5.41) is 6.74. The molecule has 2 aliphatic heterocycles. The Kier molecular flexibility index (Phi) is 23.8. The number of carbonyl (C=O) groups excluding carboxylic acids is 1. The van der Waals surface area contributed by atoms with E-state index < -0.39 is 5.60 Å². The maximum absolute atomic E-state index is 13.1. The molecule has 0 radical (unpaired) electrons. The van der Waals surface area contributed by atoms with Gasteiger partial charge in [0.1, 0.15) is 11.5 Å². The van der Waals surface area contributed by atoms with E-state index in [0.29, 0.717) is 17.1 Å². The second-order valence-corrected chi connectivity index (χ2v) is 18.5. The highest BCUT2D eigenvalue weighted by Gasteiger charge is 2.53. The minimum Gasteiger partial charge on any atom is -0.456 e. The predicted octanol–water partition coefficient (Wildman–Crippen LogP) is 16.8. The Hall–Kier alpha value is -3.51. The van der Waals surface area contributed by atoms with Crippen LogP contribution in [0.1, 0.15) is 233 Å². The summed E-state index contributed by atoms with van der Waals surface area (Å²) in [6.07, 6.45) is 43.8. The van der Waals surface area contributed by atoms with Crippen molar-refractivity contribution < 1.29 is 19.0 Å². The zero-order valence-electron chi connectivity index (χ0n) is 39.4. The number of esters is 1. The number of fused-ring (bicyclic) bond motifs is 6. The van der Waals surface area contributed by atoms with Gasteiger partial charge in [-0.3, -0.25) is 0 Å². The Morgan fingerprint density at radius 1 is 0.484 bits per heavy atom. The van der Waals surface area contributed by atoms with Gasteiger partial charge in [-0.25, -0.2) is 4.79 Å². The van der Waals surface area contributed by atoms with Crippen molar-refractivity contribution in [1.82, 2.24) is 0 Å². The van der Waals surface area contributed by atoms with E-state index in [1.807, 2.05) is 61.6 Å². The summed E-state index contributed by atoms with van der Waals surface area (Å²) in [5.74, 6) is 1.06. The van der Waals surface area contributed by atoms with Crippen molar-refractivity contribution in [2.24, 2.45) is 0 Å². The molecule has 0 aromatic heterocycles. The molecule has 0 saturated heterocycles. The number of hydrogen-bond acceptors (Lipinski definition) is 6. The summed E-state index contributed by atoms with van der Waals surface area (Å²) in [6, 6.07) is 19.7. The molecule has 3 aromatic rings. The zero-order chi connectivity index (χ0) is 43.3. The molecule has 0 bridgehead atoms. The standard InChI is InChI=1S/C56H86N2O4/c1-3-4-5-6-7-8-9-10-11-12-13-14-15-16-17-18-19-20-21-22-23-24-25-26-27-28-29-30-31-34-43-60-44-35-42-58-48-39-41-52-54(46-48)61-53-45-47(57-2)38-40-51(53)56(52)50-37-33-32-36-49(50)55(59)62-56/h32-33,36-41,45-46,57-58H,3-31,34-35,42-44H2,1-2H3. The van der Waals surface area contributed by atoms with Crippen molar-refractivity contribution in [2.45, 2.75) is 212 Å². The number of carbonyl (C=O) groups is 1. The van der Waals surface area contributed by atoms with Gasteiger partial charge in [0.15, 0.2) is 5.60 Å². The summed E-state index contributed by atoms with van der Waals surface area (Å²) in [6.45, 7) is 4.72. The first-order valence-electron chi connectivity index (χ1n) is 26.0. The maximum atomic E-state index is 13.1. The van der Waals surface area contributed by atoms with Gasteiger partial charge >= 0.3 is 5.97 Å². The average molecular weight is 851 g/mol. The third-order valence-corrected chi connectivity index (χ3v) is 13.4. The molecule has 344 valence electrons. The Balaban J connectivity index is 0.779. The second kappa shape index (κ2) is 29.8. The van der Waals surface area contributed by atoms with Crippen molar-refractivity contribution in [1.29, 1.82) is 0 Å². The van der Waals surface area contributed by atoms with E-state index in [2.05, 4.69) is 23.6 Å². The Labute approximate surface area is 378 Å². The van der Waals surface area contributed by atoms with Gasteiger partial charge in [0.05, 0.1) is 5.56 Å². The molecule has 1 spiro atoms. The first-order chi connectivity index (χ1) is 30.7. The van der Waals surface area contributed by atoms with Crippen LogP contribution in [0.5, 0.6) is 11.5 Å². The normalized spacial score (nSPS) is 15.0. The fourth-order valence-corrected chi connectivity index (χ4v) is 9.68. The van der Waals surface area contributed by atoms with Gasteiger partial charge < -0.3 is 24.8 Å². The van der Waals surface area contributed by atoms with Crippen LogP contribution >= 0.6 is 0 Å². The molecular formula is C56H86N2O4. The lowest BCUT2D eigenvalue weighted by molar-refractivity contribution is 0.0224. The monoisotopic (exact) mass is 851 g/mol. The molecule has 0 fully saturated rings. The lowest BCUT2D eigenvalue weighted by Crippen LogP contribution is -2.33. The molecule has 6 heteroatoms. The highest BCUT2D eigenvalue weighted by atomic mass is 16.6. The number of benzene rings is 3. The minimum absolute atomic E-state index is 0.314. The van der Waals surface area contributed by atoms with E-state index in [1.54, 1.807) is 0 Å². The van der Waals surface area contributed by atoms with Gasteiger partial charge in [-0.15, -0.1) is 0 Å². The van der Waals surface area contributed by atoms with Crippen LogP contribution < -0.4 is 15.4 Å². The summed E-state index contributed by atoms with van der Waals surface area (Å²) in [5.41, 5.74) is 3.97. The second-order valence-electron chi connectivity index (χ2n) is 18.5. The fourth-order valence-electron chi connectivity index (χ4n) is 9.68. The van der Waals surface area contributed by atoms with E-state index in [4.69, 9.17) is 14.2 Å². The van der Waals surface area contributed by atoms with Crippen molar-refractivity contribution >= 4 is 17.3 Å². The van der Waals surface area contributed by atoms with Crippen LogP contribution in [-0.4, -0.2) is 32.8 Å². The molecule has 2 heterocycles. The molecule has 1 atom stereocenters. The van der Waals surface area contributed by atoms with Crippen molar-refractivity contribution in [2.75, 3.05) is 37.4 Å². The summed E-state index contributed by atoms with van der Waals surface area (Å²) in [4.78, 5) is 13.1. The third kappa shape index (κ3) is 16.2. The summed E-state index contributed by atoms with van der Waals surface area (Å²) >= 11 is 0. The van der Waals surface area contributed by atoms with E-state index in [9.17, 15) is 4.79 Å². The van der Waals surface area contributed by atoms with Crippen LogP contribution in [-0.2, 0) is 15.1 Å². The van der Waals surface area contributed by atoms with Gasteiger partial charge in [0, 0.05) is 67.0 Å². The number of anilines is 2. The van der Waals surface area contributed by atoms with Crippen LogP contribution in [0.25, 0.3) is 0 Å². The quantitative estimate of drug-likeness (QED) is 0.0445. The molecule has 5 rings (SSSR count). The highest BCUT2D eigenvalue weighted by Crippen LogP contribution is 2.56. The molecule has 6 nitrogen and oxygen atoms in total. The first kappa shape index (κ1) is 49.5. The van der Waals surface area contributed by atoms with Crippen molar-refractivity contribution in [3.8, 4) is 11.5 Å². The molecule has 62 heavy (non-hydrogen) atoms. The topological polar surface area (TPSA) is 68.8 Å². The fraction of sp³-hybridized carbons (Fsp3) is 0.661. The third-order valence-electron chi connectivity index (χ3n) is 13.4. The van der Waals surface area contributed by atoms with Gasteiger partial charge in [0.2, 0.25) is 0 Å². The maximum Gasteiger partial charge on any atom is 0.340 e. The van der Waals surface area contributed by atoms with Gasteiger partial charge in [0.25, 0.3) is 0 Å². The number of rotatable bonds is 37. The van der Waals surface area contributed by atoms with E-state index in [-0.39, 0.29) is 5.97 Å². The highest BCUT2D eigenvalue weighted by molar-refractivity contribution is 5.97. The van der Waals surface area contributed by atoms with Crippen LogP contribution in [0.4, 0.5) is 11.4 Å². The average Bonchev–Trinajstić information content (AvgIpc) is 3.59. The van der Waals surface area contributed by atoms with Gasteiger partial charge in [-0.05, 0) is 43.2 Å². The molecule has 2 aliphatic rings. The summed E-state index contributed by atoms with van der Waals surface area (Å²) < 4.78 is 18.7. The SMILES string of the molecule is CCCCCCCCCCCCCCCCCCCCCCCCCCCCCCCCOCCCNc1ccc2c(c1)Oc1cc(NC)ccc1C21OC(=O)c2ccccc21. The van der Waals surface area contributed by atoms with Gasteiger partial charge in [-0.1, -0.05) is 211 Å². The molecule has 3 aromatic carbocycles. The largest absolute Gasteiger partial charge is 0.456 e. The number of hydrogen-bond donors (Lipinski definition) is 2. The minimum atomic E-state index is -1.04. The summed E-state index contributed by atoms with van der Waals surface area (Å²) in [7, 11) is 1.89. The molecule has 2 N–H and O–H groups in total. The number of nitrogens with one attached hydrogen (secondary N) is 2. The molecule has 0 aliphatic carbocycles. The van der Waals surface area contributed by atoms with Crippen LogP contribution in [0.3, 0.4) is 0 Å². The van der Waals surface area contributed by atoms with Crippen LogP contribution in [0.15, 0.2) is 60.7 Å². The Bertz CT molecular complexity index is 1670. The molecular weight excluding hydrogens is 765 g/mol. The van der Waals surface area contributed by atoms with Crippen molar-refractivity contribution in [3.63, 3.8) is 0 Å². The number of unbranched alkanes of at least 4 members (excludes halogenated alkanes) is 29. The van der Waals surface area contributed by atoms with Gasteiger partial charge in [-0.2, -0.15) is 0 Å². The van der Waals surface area contributed by atoms with E-state index in [0.717, 1.165) is 60.7 Å². The molecule has 0 saturated carbocycles. The molecule has 1 unspecified atom stereocenters. The molecule has 0 amide bonds. The lowest BCUT2D eigenvalue weighted by atomic mass is 9.77. The first-order valence-corrected chi connectivity index (χ1v) is 26.0. The van der Waals surface area contributed by atoms with Crippen LogP contribution in [0, 0.1) is 0 Å². The van der Waals surface area contributed by atoms with E-state index >= 15 is 0 Å². The Morgan fingerprint density at radius 2 is 0.903 bits per heavy atom. The zero-order valence-corrected chi connectivity index (χ0v) is 39.4. The lowest BCUT2D eigenvalue weighted by Gasteiger charge is -2.36. The van der Waals surface area contributed by atoms with Crippen molar-refractivity contribution in [3.05, 3.63) is 82.9 Å². The smallest absolute Gasteiger partial charge is 0.340 e. The van der Waals surface area contributed by atoms with Crippen LogP contribution in [0.2, 0.25) is 0 Å².